The standard InChI is InChI=1S/C16H21N3OS/c1-21-14-8-6-13(7-9-14)16-17-15(20-18-16)12-19-10-4-2-3-5-11-19/h6-9H,2-5,10-12H2,1H3. The third-order valence-corrected chi connectivity index (χ3v) is 4.62. The summed E-state index contributed by atoms with van der Waals surface area (Å²) in [4.78, 5) is 8.19. The molecule has 1 fully saturated rings. The number of aromatic nitrogens is 2. The normalized spacial score (nSPS) is 16.8. The van der Waals surface area contributed by atoms with Crippen molar-refractivity contribution < 1.29 is 4.52 Å². The second-order valence-electron chi connectivity index (χ2n) is 5.43. The van der Waals surface area contributed by atoms with Gasteiger partial charge in [-0.1, -0.05) is 18.0 Å². The van der Waals surface area contributed by atoms with Crippen LogP contribution in [0.2, 0.25) is 0 Å². The summed E-state index contributed by atoms with van der Waals surface area (Å²) in [5.74, 6) is 1.41. The van der Waals surface area contributed by atoms with Crippen molar-refractivity contribution in [3.05, 3.63) is 30.2 Å². The van der Waals surface area contributed by atoms with Gasteiger partial charge in [-0.2, -0.15) is 4.98 Å². The Morgan fingerprint density at radius 1 is 1.10 bits per heavy atom. The molecule has 3 rings (SSSR count). The highest BCUT2D eigenvalue weighted by Gasteiger charge is 2.14. The summed E-state index contributed by atoms with van der Waals surface area (Å²) in [5.41, 5.74) is 1.01. The smallest absolute Gasteiger partial charge is 0.241 e. The summed E-state index contributed by atoms with van der Waals surface area (Å²) in [6.07, 6.45) is 7.30. The van der Waals surface area contributed by atoms with Gasteiger partial charge in [-0.05, 0) is 56.5 Å². The van der Waals surface area contributed by atoms with Gasteiger partial charge < -0.3 is 4.52 Å². The van der Waals surface area contributed by atoms with Crippen LogP contribution in [0.15, 0.2) is 33.7 Å². The lowest BCUT2D eigenvalue weighted by Gasteiger charge is -2.16. The van der Waals surface area contributed by atoms with Crippen LogP contribution >= 0.6 is 11.8 Å². The Hall–Kier alpha value is -1.33. The molecule has 0 bridgehead atoms. The predicted molar refractivity (Wildman–Crippen MR) is 85.3 cm³/mol. The molecule has 21 heavy (non-hydrogen) atoms. The highest BCUT2D eigenvalue weighted by Crippen LogP contribution is 2.21. The third kappa shape index (κ3) is 3.86. The van der Waals surface area contributed by atoms with Gasteiger partial charge in [0.2, 0.25) is 11.7 Å². The molecule has 0 radical (unpaired) electrons. The second kappa shape index (κ2) is 7.09. The minimum absolute atomic E-state index is 0.687. The summed E-state index contributed by atoms with van der Waals surface area (Å²) in [6.45, 7) is 3.05. The zero-order valence-corrected chi connectivity index (χ0v) is 13.2. The Balaban J connectivity index is 1.67. The lowest BCUT2D eigenvalue weighted by molar-refractivity contribution is 0.234. The van der Waals surface area contributed by atoms with Crippen LogP contribution in [-0.4, -0.2) is 34.4 Å². The Labute approximate surface area is 129 Å². The fraction of sp³-hybridized carbons (Fsp3) is 0.500. The van der Waals surface area contributed by atoms with Gasteiger partial charge in [0.05, 0.1) is 6.54 Å². The van der Waals surface area contributed by atoms with Crippen LogP contribution in [-0.2, 0) is 6.54 Å². The third-order valence-electron chi connectivity index (χ3n) is 3.87. The molecule has 112 valence electrons. The molecule has 1 saturated heterocycles. The summed E-state index contributed by atoms with van der Waals surface area (Å²) in [7, 11) is 0. The van der Waals surface area contributed by atoms with Crippen molar-refractivity contribution in [2.75, 3.05) is 19.3 Å². The second-order valence-corrected chi connectivity index (χ2v) is 6.31. The molecule has 0 atom stereocenters. The molecule has 0 amide bonds. The lowest BCUT2D eigenvalue weighted by Crippen LogP contribution is -2.24. The maximum absolute atomic E-state index is 5.41. The molecule has 2 aromatic rings. The average molecular weight is 303 g/mol. The van der Waals surface area contributed by atoms with Crippen molar-refractivity contribution in [3.63, 3.8) is 0 Å². The molecule has 0 N–H and O–H groups in total. The molecule has 0 aliphatic carbocycles. The predicted octanol–water partition coefficient (Wildman–Crippen LogP) is 3.83. The number of rotatable bonds is 4. The van der Waals surface area contributed by atoms with Crippen LogP contribution in [0.4, 0.5) is 0 Å². The summed E-state index contributed by atoms with van der Waals surface area (Å²) < 4.78 is 5.41. The molecule has 0 saturated carbocycles. The zero-order valence-electron chi connectivity index (χ0n) is 12.4. The number of likely N-dealkylation sites (tertiary alicyclic amines) is 1. The van der Waals surface area contributed by atoms with Gasteiger partial charge in [0.1, 0.15) is 0 Å². The van der Waals surface area contributed by atoms with Gasteiger partial charge in [-0.25, -0.2) is 0 Å². The number of hydrogen-bond acceptors (Lipinski definition) is 5. The number of nitrogens with zero attached hydrogens (tertiary/aromatic N) is 3. The fourth-order valence-electron chi connectivity index (χ4n) is 2.66. The molecule has 1 aromatic carbocycles. The van der Waals surface area contributed by atoms with Gasteiger partial charge in [0.15, 0.2) is 0 Å². The summed E-state index contributed by atoms with van der Waals surface area (Å²) in [5, 5.41) is 4.11. The Bertz CT molecular complexity index is 559. The molecule has 2 heterocycles. The molecule has 4 nitrogen and oxygen atoms in total. The van der Waals surface area contributed by atoms with Gasteiger partial charge in [-0.3, -0.25) is 4.90 Å². The van der Waals surface area contributed by atoms with E-state index in [4.69, 9.17) is 4.52 Å². The van der Waals surface area contributed by atoms with Crippen molar-refractivity contribution in [1.82, 2.24) is 15.0 Å². The first-order valence-corrected chi connectivity index (χ1v) is 8.77. The molecule has 1 aromatic heterocycles. The Morgan fingerprint density at radius 3 is 2.48 bits per heavy atom. The van der Waals surface area contributed by atoms with Gasteiger partial charge in [0, 0.05) is 10.5 Å². The van der Waals surface area contributed by atoms with Crippen molar-refractivity contribution in [2.45, 2.75) is 37.1 Å². The highest BCUT2D eigenvalue weighted by molar-refractivity contribution is 7.98. The van der Waals surface area contributed by atoms with Crippen LogP contribution in [0.1, 0.15) is 31.6 Å². The first kappa shape index (κ1) is 14.6. The van der Waals surface area contributed by atoms with E-state index < -0.39 is 0 Å². The van der Waals surface area contributed by atoms with Crippen molar-refractivity contribution >= 4 is 11.8 Å². The maximum atomic E-state index is 5.41. The summed E-state index contributed by atoms with van der Waals surface area (Å²) >= 11 is 1.73. The van der Waals surface area contributed by atoms with Crippen molar-refractivity contribution in [2.24, 2.45) is 0 Å². The van der Waals surface area contributed by atoms with E-state index in [1.807, 2.05) is 12.1 Å². The van der Waals surface area contributed by atoms with Crippen LogP contribution in [0.5, 0.6) is 0 Å². The highest BCUT2D eigenvalue weighted by atomic mass is 32.2. The van der Waals surface area contributed by atoms with E-state index in [0.717, 1.165) is 31.1 Å². The number of benzene rings is 1. The number of hydrogen-bond donors (Lipinski definition) is 0. The van der Waals surface area contributed by atoms with Gasteiger partial charge in [-0.15, -0.1) is 11.8 Å². The first-order chi connectivity index (χ1) is 10.3. The number of thioether (sulfide) groups is 1. The quantitative estimate of drug-likeness (QED) is 0.803. The SMILES string of the molecule is CSc1ccc(-c2noc(CN3CCCCCC3)n2)cc1. The van der Waals surface area contributed by atoms with Crippen LogP contribution in [0, 0.1) is 0 Å². The molecular formula is C16H21N3OS. The maximum Gasteiger partial charge on any atom is 0.241 e. The van der Waals surface area contributed by atoms with E-state index in [0.29, 0.717) is 5.82 Å². The van der Waals surface area contributed by atoms with E-state index in [1.165, 1.54) is 30.6 Å². The van der Waals surface area contributed by atoms with Crippen molar-refractivity contribution in [1.29, 1.82) is 0 Å². The van der Waals surface area contributed by atoms with Gasteiger partial charge >= 0.3 is 0 Å². The van der Waals surface area contributed by atoms with Crippen LogP contribution in [0.25, 0.3) is 11.4 Å². The molecule has 1 aliphatic rings. The monoisotopic (exact) mass is 303 g/mol. The van der Waals surface area contributed by atoms with Gasteiger partial charge in [0.25, 0.3) is 0 Å². The van der Waals surface area contributed by atoms with Crippen LogP contribution < -0.4 is 0 Å². The lowest BCUT2D eigenvalue weighted by atomic mass is 10.2. The first-order valence-electron chi connectivity index (χ1n) is 7.54. The Kier molecular flexibility index (Phi) is 4.93. The summed E-state index contributed by atoms with van der Waals surface area (Å²) in [6, 6.07) is 8.27. The largest absolute Gasteiger partial charge is 0.338 e. The van der Waals surface area contributed by atoms with E-state index in [1.54, 1.807) is 11.8 Å². The molecular weight excluding hydrogens is 282 g/mol. The van der Waals surface area contributed by atoms with E-state index >= 15 is 0 Å². The van der Waals surface area contributed by atoms with Crippen molar-refractivity contribution in [3.8, 4) is 11.4 Å². The topological polar surface area (TPSA) is 42.2 Å². The van der Waals surface area contributed by atoms with E-state index in [9.17, 15) is 0 Å². The fourth-order valence-corrected chi connectivity index (χ4v) is 3.07. The zero-order chi connectivity index (χ0) is 14.5. The Morgan fingerprint density at radius 2 is 1.81 bits per heavy atom. The minimum Gasteiger partial charge on any atom is -0.338 e. The molecule has 0 spiro atoms. The molecule has 0 unspecified atom stereocenters. The average Bonchev–Trinajstić information content (AvgIpc) is 2.83. The molecule has 1 aliphatic heterocycles. The van der Waals surface area contributed by atoms with E-state index in [2.05, 4.69) is 33.4 Å². The minimum atomic E-state index is 0.687. The van der Waals surface area contributed by atoms with Crippen LogP contribution in [0.3, 0.4) is 0 Å². The molecule has 5 heteroatoms. The van der Waals surface area contributed by atoms with E-state index in [-0.39, 0.29) is 0 Å².